The van der Waals surface area contributed by atoms with Gasteiger partial charge in [-0.1, -0.05) is 18.2 Å². The molecule has 0 radical (unpaired) electrons. The number of nitrogens with zero attached hydrogens (tertiary/aromatic N) is 3. The molecular weight excluding hydrogens is 503 g/mol. The van der Waals surface area contributed by atoms with Gasteiger partial charge in [0.05, 0.1) is 19.3 Å². The van der Waals surface area contributed by atoms with Crippen LogP contribution < -0.4 is 4.90 Å². The Morgan fingerprint density at radius 1 is 1.14 bits per heavy atom. The van der Waals surface area contributed by atoms with Gasteiger partial charge in [0.1, 0.15) is 4.21 Å². The van der Waals surface area contributed by atoms with Gasteiger partial charge < -0.3 is 14.7 Å². The molecule has 1 aromatic carbocycles. The van der Waals surface area contributed by atoms with E-state index in [0.717, 1.165) is 33.2 Å². The van der Waals surface area contributed by atoms with E-state index in [1.165, 1.54) is 27.8 Å². The Morgan fingerprint density at radius 3 is 2.37 bits per heavy atom. The van der Waals surface area contributed by atoms with Crippen LogP contribution in [0.25, 0.3) is 0 Å². The van der Waals surface area contributed by atoms with Gasteiger partial charge in [-0.05, 0) is 36.1 Å². The summed E-state index contributed by atoms with van der Waals surface area (Å²) < 4.78 is 73.3. The number of anilines is 1. The number of sulfonamides is 1. The van der Waals surface area contributed by atoms with E-state index >= 15 is 0 Å². The molecule has 3 aliphatic heterocycles. The van der Waals surface area contributed by atoms with Crippen LogP contribution in [0.1, 0.15) is 12.5 Å². The maximum Gasteiger partial charge on any atom is 0.421 e. The first-order chi connectivity index (χ1) is 16.4. The summed E-state index contributed by atoms with van der Waals surface area (Å²) >= 11 is 1.18. The smallest absolute Gasteiger partial charge is 0.380 e. The van der Waals surface area contributed by atoms with Gasteiger partial charge in [-0.2, -0.15) is 17.5 Å². The average molecular weight is 532 g/mol. The molecule has 0 aliphatic carbocycles. The third-order valence-corrected chi connectivity index (χ3v) is 10.5. The minimum absolute atomic E-state index is 0.175. The Bertz CT molecular complexity index is 1140. The lowest BCUT2D eigenvalue weighted by atomic mass is 9.78. The SMILES string of the molecule is C[C@@](O)(c1ccc(N2CCN(S(=O)(=O)c3cccs3)C[C@@H]2CN2CC3(COC3)C2)cc1)C(F)(F)F. The lowest BCUT2D eigenvalue weighted by molar-refractivity contribution is -0.258. The van der Waals surface area contributed by atoms with Gasteiger partial charge in [0.2, 0.25) is 0 Å². The van der Waals surface area contributed by atoms with Crippen molar-refractivity contribution in [2.24, 2.45) is 5.41 Å². The van der Waals surface area contributed by atoms with Crippen molar-refractivity contribution < 1.29 is 31.4 Å². The number of rotatable bonds is 6. The summed E-state index contributed by atoms with van der Waals surface area (Å²) in [5, 5.41) is 11.7. The molecular formula is C23H28F3N3O4S2. The molecule has 0 saturated carbocycles. The third-order valence-electron chi connectivity index (χ3n) is 7.25. The molecule has 192 valence electrons. The second kappa shape index (κ2) is 8.70. The molecule has 0 bridgehead atoms. The van der Waals surface area contributed by atoms with E-state index in [9.17, 15) is 26.7 Å². The first kappa shape index (κ1) is 25.0. The minimum atomic E-state index is -4.79. The predicted octanol–water partition coefficient (Wildman–Crippen LogP) is 2.73. The van der Waals surface area contributed by atoms with Crippen molar-refractivity contribution in [2.75, 3.05) is 57.4 Å². The summed E-state index contributed by atoms with van der Waals surface area (Å²) in [5.41, 5.74) is -2.27. The molecule has 3 saturated heterocycles. The van der Waals surface area contributed by atoms with Crippen LogP contribution in [0, 0.1) is 5.41 Å². The largest absolute Gasteiger partial charge is 0.421 e. The number of likely N-dealkylation sites (tertiary alicyclic amines) is 1. The van der Waals surface area contributed by atoms with E-state index in [2.05, 4.69) is 9.80 Å². The molecule has 1 aromatic heterocycles. The normalized spacial score (nSPS) is 25.2. The Labute approximate surface area is 206 Å². The summed E-state index contributed by atoms with van der Waals surface area (Å²) in [4.78, 5) is 4.35. The number of benzene rings is 1. The lowest BCUT2D eigenvalue weighted by Crippen LogP contribution is -2.69. The molecule has 4 heterocycles. The molecule has 3 aliphatic rings. The van der Waals surface area contributed by atoms with Gasteiger partial charge in [-0.15, -0.1) is 11.3 Å². The van der Waals surface area contributed by atoms with Gasteiger partial charge >= 0.3 is 6.18 Å². The zero-order valence-corrected chi connectivity index (χ0v) is 20.9. The topological polar surface area (TPSA) is 73.3 Å². The molecule has 1 spiro atoms. The second-order valence-electron chi connectivity index (χ2n) is 9.92. The number of hydrogen-bond donors (Lipinski definition) is 1. The molecule has 2 atom stereocenters. The van der Waals surface area contributed by atoms with Gasteiger partial charge in [-0.25, -0.2) is 8.42 Å². The Balaban J connectivity index is 1.37. The van der Waals surface area contributed by atoms with E-state index in [1.54, 1.807) is 29.6 Å². The second-order valence-corrected chi connectivity index (χ2v) is 13.0. The molecule has 12 heteroatoms. The van der Waals surface area contributed by atoms with Crippen LogP contribution in [0.5, 0.6) is 0 Å². The number of aliphatic hydroxyl groups is 1. The van der Waals surface area contributed by atoms with Crippen LogP contribution in [0.2, 0.25) is 0 Å². The number of piperazine rings is 1. The van der Waals surface area contributed by atoms with Crippen molar-refractivity contribution in [3.05, 3.63) is 47.3 Å². The van der Waals surface area contributed by atoms with E-state index in [4.69, 9.17) is 4.74 Å². The van der Waals surface area contributed by atoms with Crippen LogP contribution in [0.15, 0.2) is 46.0 Å². The number of thiophene rings is 1. The predicted molar refractivity (Wildman–Crippen MR) is 126 cm³/mol. The van der Waals surface area contributed by atoms with Crippen molar-refractivity contribution in [2.45, 2.75) is 29.0 Å². The maximum atomic E-state index is 13.3. The zero-order valence-electron chi connectivity index (χ0n) is 19.2. The fraction of sp³-hybridized carbons (Fsp3) is 0.565. The molecule has 3 fully saturated rings. The fourth-order valence-electron chi connectivity index (χ4n) is 5.12. The Kier molecular flexibility index (Phi) is 6.21. The number of halogens is 3. The van der Waals surface area contributed by atoms with Crippen molar-refractivity contribution >= 4 is 27.0 Å². The highest BCUT2D eigenvalue weighted by Crippen LogP contribution is 2.40. The van der Waals surface area contributed by atoms with Gasteiger partial charge in [0.15, 0.2) is 5.60 Å². The highest BCUT2D eigenvalue weighted by molar-refractivity contribution is 7.91. The van der Waals surface area contributed by atoms with E-state index in [0.29, 0.717) is 23.0 Å². The van der Waals surface area contributed by atoms with E-state index < -0.39 is 21.8 Å². The van der Waals surface area contributed by atoms with Gasteiger partial charge in [0.25, 0.3) is 10.0 Å². The minimum Gasteiger partial charge on any atom is -0.380 e. The monoisotopic (exact) mass is 531 g/mol. The Morgan fingerprint density at radius 2 is 1.83 bits per heavy atom. The van der Waals surface area contributed by atoms with Crippen molar-refractivity contribution in [3.63, 3.8) is 0 Å². The van der Waals surface area contributed by atoms with E-state index in [-0.39, 0.29) is 30.1 Å². The van der Waals surface area contributed by atoms with Gasteiger partial charge in [0, 0.05) is 50.4 Å². The maximum absolute atomic E-state index is 13.3. The zero-order chi connectivity index (χ0) is 25.1. The first-order valence-corrected chi connectivity index (χ1v) is 13.7. The first-order valence-electron chi connectivity index (χ1n) is 11.4. The molecule has 5 rings (SSSR count). The van der Waals surface area contributed by atoms with E-state index in [1.807, 2.05) is 0 Å². The molecule has 35 heavy (non-hydrogen) atoms. The summed E-state index contributed by atoms with van der Waals surface area (Å²) in [7, 11) is -3.61. The quantitative estimate of drug-likeness (QED) is 0.618. The van der Waals surface area contributed by atoms with Crippen molar-refractivity contribution in [1.82, 2.24) is 9.21 Å². The highest BCUT2D eigenvalue weighted by atomic mass is 32.2. The summed E-state index contributed by atoms with van der Waals surface area (Å²) in [6.07, 6.45) is -4.79. The highest BCUT2D eigenvalue weighted by Gasteiger charge is 2.51. The Hall–Kier alpha value is -1.70. The number of hydrogen-bond acceptors (Lipinski definition) is 7. The van der Waals surface area contributed by atoms with Crippen LogP contribution in [0.3, 0.4) is 0 Å². The van der Waals surface area contributed by atoms with Gasteiger partial charge in [-0.3, -0.25) is 4.90 Å². The van der Waals surface area contributed by atoms with Crippen LogP contribution in [-0.4, -0.2) is 87.4 Å². The molecule has 2 aromatic rings. The molecule has 1 N–H and O–H groups in total. The van der Waals surface area contributed by atoms with Crippen LogP contribution in [0.4, 0.5) is 18.9 Å². The summed E-state index contributed by atoms with van der Waals surface area (Å²) in [6.45, 7) is 5.62. The summed E-state index contributed by atoms with van der Waals surface area (Å²) in [5.74, 6) is 0. The van der Waals surface area contributed by atoms with Crippen molar-refractivity contribution in [3.8, 4) is 0 Å². The summed E-state index contributed by atoms with van der Waals surface area (Å²) in [6, 6.07) is 8.86. The van der Waals surface area contributed by atoms with Crippen molar-refractivity contribution in [1.29, 1.82) is 0 Å². The standard InChI is InChI=1S/C23H28F3N3O4S2/c1-21(30,23(24,25)26)17-4-6-18(7-5-17)29-9-8-28(35(31,32)20-3-2-10-34-20)12-19(29)11-27-13-22(14-27)15-33-16-22/h2-7,10,19,30H,8-9,11-16H2,1H3/t19-,21+/m0/s1. The molecule has 7 nitrogen and oxygen atoms in total. The fourth-order valence-corrected chi connectivity index (χ4v) is 7.74. The number of alkyl halides is 3. The molecule has 0 unspecified atom stereocenters. The molecule has 0 amide bonds. The van der Waals surface area contributed by atoms with Crippen LogP contribution in [-0.2, 0) is 20.4 Å². The lowest BCUT2D eigenvalue weighted by Gasteiger charge is -2.56. The van der Waals surface area contributed by atoms with Crippen LogP contribution >= 0.6 is 11.3 Å². The number of ether oxygens (including phenoxy) is 1. The third kappa shape index (κ3) is 4.49. The average Bonchev–Trinajstić information content (AvgIpc) is 3.30.